The summed E-state index contributed by atoms with van der Waals surface area (Å²) in [6.07, 6.45) is 1.44. The van der Waals surface area contributed by atoms with Crippen molar-refractivity contribution in [2.45, 2.75) is 13.5 Å². The number of carbonyl (C=O) groups is 1. The Balaban J connectivity index is 1.96. The van der Waals surface area contributed by atoms with E-state index >= 15 is 0 Å². The molecule has 2 aromatic rings. The first-order valence-corrected chi connectivity index (χ1v) is 5.97. The van der Waals surface area contributed by atoms with Crippen LogP contribution in [0, 0.1) is 6.92 Å². The van der Waals surface area contributed by atoms with E-state index < -0.39 is 5.97 Å². The van der Waals surface area contributed by atoms with Gasteiger partial charge in [0.15, 0.2) is 5.69 Å². The second-order valence-corrected chi connectivity index (χ2v) is 4.43. The molecule has 19 heavy (non-hydrogen) atoms. The minimum absolute atomic E-state index is 0.0294. The lowest BCUT2D eigenvalue weighted by Gasteiger charge is -2.19. The summed E-state index contributed by atoms with van der Waals surface area (Å²) in [5.74, 6) is -1.06. The van der Waals surface area contributed by atoms with Crippen LogP contribution in [-0.2, 0) is 6.54 Å². The predicted octanol–water partition coefficient (Wildman–Crippen LogP) is 1.42. The maximum absolute atomic E-state index is 10.7. The average Bonchev–Trinajstić information content (AvgIpc) is 2.85. The smallest absolute Gasteiger partial charge is 0.358 e. The van der Waals surface area contributed by atoms with Crippen LogP contribution in [0.5, 0.6) is 0 Å². The van der Waals surface area contributed by atoms with Gasteiger partial charge in [-0.3, -0.25) is 0 Å². The molecule has 0 atom stereocenters. The molecule has 2 rings (SSSR count). The zero-order chi connectivity index (χ0) is 13.8. The number of aromatic carboxylic acids is 1. The Kier molecular flexibility index (Phi) is 3.79. The summed E-state index contributed by atoms with van der Waals surface area (Å²) < 4.78 is 1.54. The van der Waals surface area contributed by atoms with Gasteiger partial charge in [0.2, 0.25) is 0 Å². The number of hydrogen-bond donors (Lipinski definition) is 1. The molecule has 100 valence electrons. The van der Waals surface area contributed by atoms with Crippen LogP contribution < -0.4 is 4.90 Å². The van der Waals surface area contributed by atoms with Crippen molar-refractivity contribution in [3.8, 4) is 0 Å². The van der Waals surface area contributed by atoms with Crippen molar-refractivity contribution in [3.05, 3.63) is 41.7 Å². The third kappa shape index (κ3) is 3.31. The highest BCUT2D eigenvalue weighted by Crippen LogP contribution is 2.13. The van der Waals surface area contributed by atoms with Crippen LogP contribution in [0.15, 0.2) is 30.5 Å². The second kappa shape index (κ2) is 5.51. The standard InChI is InChI=1S/C13H16N4O2/c1-10-4-3-5-11(8-10)16(2)6-7-17-9-12(13(18)19)14-15-17/h3-5,8-9H,6-7H2,1-2H3,(H,18,19). The largest absolute Gasteiger partial charge is 0.476 e. The summed E-state index contributed by atoms with van der Waals surface area (Å²) in [4.78, 5) is 12.8. The highest BCUT2D eigenvalue weighted by molar-refractivity contribution is 5.84. The molecule has 1 aromatic heterocycles. The summed E-state index contributed by atoms with van der Waals surface area (Å²) in [6, 6.07) is 8.20. The summed E-state index contributed by atoms with van der Waals surface area (Å²) in [5, 5.41) is 16.1. The molecule has 0 aliphatic carbocycles. The molecule has 0 bridgehead atoms. The number of anilines is 1. The third-order valence-corrected chi connectivity index (χ3v) is 2.86. The minimum Gasteiger partial charge on any atom is -0.476 e. The van der Waals surface area contributed by atoms with Gasteiger partial charge in [-0.25, -0.2) is 9.48 Å². The molecule has 1 heterocycles. The summed E-state index contributed by atoms with van der Waals surface area (Å²) >= 11 is 0. The number of aromatic nitrogens is 3. The minimum atomic E-state index is -1.06. The normalized spacial score (nSPS) is 10.4. The average molecular weight is 260 g/mol. The number of hydrogen-bond acceptors (Lipinski definition) is 4. The fraction of sp³-hybridized carbons (Fsp3) is 0.308. The number of benzene rings is 1. The van der Waals surface area contributed by atoms with Gasteiger partial charge < -0.3 is 10.0 Å². The lowest BCUT2D eigenvalue weighted by atomic mass is 10.2. The van der Waals surface area contributed by atoms with Gasteiger partial charge in [0.1, 0.15) is 0 Å². The van der Waals surface area contributed by atoms with E-state index in [4.69, 9.17) is 5.11 Å². The highest BCUT2D eigenvalue weighted by Gasteiger charge is 2.08. The molecule has 6 heteroatoms. The number of likely N-dealkylation sites (N-methyl/N-ethyl adjacent to an activating group) is 1. The van der Waals surface area contributed by atoms with Crippen LogP contribution in [0.2, 0.25) is 0 Å². The molecular weight excluding hydrogens is 244 g/mol. The van der Waals surface area contributed by atoms with E-state index in [9.17, 15) is 4.79 Å². The number of rotatable bonds is 5. The van der Waals surface area contributed by atoms with Crippen LogP contribution in [0.3, 0.4) is 0 Å². The van der Waals surface area contributed by atoms with Crippen molar-refractivity contribution in [1.82, 2.24) is 15.0 Å². The fourth-order valence-corrected chi connectivity index (χ4v) is 1.75. The van der Waals surface area contributed by atoms with Gasteiger partial charge in [0.05, 0.1) is 12.7 Å². The number of carboxylic acid groups (broad SMARTS) is 1. The first kappa shape index (κ1) is 13.1. The van der Waals surface area contributed by atoms with Gasteiger partial charge in [-0.05, 0) is 24.6 Å². The van der Waals surface area contributed by atoms with E-state index in [2.05, 4.69) is 21.3 Å². The quantitative estimate of drug-likeness (QED) is 0.880. The maximum Gasteiger partial charge on any atom is 0.358 e. The van der Waals surface area contributed by atoms with Crippen molar-refractivity contribution < 1.29 is 9.90 Å². The zero-order valence-corrected chi connectivity index (χ0v) is 10.9. The van der Waals surface area contributed by atoms with E-state index in [1.54, 1.807) is 0 Å². The Bertz CT molecular complexity index is 580. The molecule has 1 aromatic carbocycles. The van der Waals surface area contributed by atoms with E-state index in [1.807, 2.05) is 32.2 Å². The molecule has 1 N–H and O–H groups in total. The van der Waals surface area contributed by atoms with Crippen LogP contribution in [0.25, 0.3) is 0 Å². The lowest BCUT2D eigenvalue weighted by molar-refractivity contribution is 0.0690. The lowest BCUT2D eigenvalue weighted by Crippen LogP contribution is -2.22. The van der Waals surface area contributed by atoms with Gasteiger partial charge in [0, 0.05) is 19.3 Å². The van der Waals surface area contributed by atoms with Crippen molar-refractivity contribution in [2.75, 3.05) is 18.5 Å². The molecule has 0 saturated carbocycles. The first-order valence-electron chi connectivity index (χ1n) is 5.97. The molecule has 0 aliphatic heterocycles. The molecule has 0 amide bonds. The Morgan fingerprint density at radius 2 is 2.26 bits per heavy atom. The summed E-state index contributed by atoms with van der Waals surface area (Å²) in [6.45, 7) is 3.37. The SMILES string of the molecule is Cc1cccc(N(C)CCn2cc(C(=O)O)nn2)c1. The van der Waals surface area contributed by atoms with Crippen LogP contribution in [0.4, 0.5) is 5.69 Å². The van der Waals surface area contributed by atoms with Crippen molar-refractivity contribution >= 4 is 11.7 Å². The monoisotopic (exact) mass is 260 g/mol. The number of nitrogens with zero attached hydrogens (tertiary/aromatic N) is 4. The Hall–Kier alpha value is -2.37. The predicted molar refractivity (Wildman–Crippen MR) is 71.4 cm³/mol. The zero-order valence-electron chi connectivity index (χ0n) is 10.9. The van der Waals surface area contributed by atoms with Crippen molar-refractivity contribution in [3.63, 3.8) is 0 Å². The highest BCUT2D eigenvalue weighted by atomic mass is 16.4. The molecule has 0 unspecified atom stereocenters. The molecular formula is C13H16N4O2. The fourth-order valence-electron chi connectivity index (χ4n) is 1.75. The summed E-state index contributed by atoms with van der Waals surface area (Å²) in [7, 11) is 1.99. The molecule has 0 saturated heterocycles. The van der Waals surface area contributed by atoms with E-state index in [1.165, 1.54) is 16.4 Å². The van der Waals surface area contributed by atoms with E-state index in [0.717, 1.165) is 12.2 Å². The molecule has 0 fully saturated rings. The van der Waals surface area contributed by atoms with Gasteiger partial charge in [0.25, 0.3) is 0 Å². The van der Waals surface area contributed by atoms with Gasteiger partial charge in [-0.2, -0.15) is 0 Å². The Morgan fingerprint density at radius 3 is 2.89 bits per heavy atom. The molecule has 0 aliphatic rings. The first-order chi connectivity index (χ1) is 9.06. The number of aryl methyl sites for hydroxylation is 1. The van der Waals surface area contributed by atoms with Gasteiger partial charge in [-0.15, -0.1) is 5.10 Å². The van der Waals surface area contributed by atoms with Crippen LogP contribution in [0.1, 0.15) is 16.1 Å². The van der Waals surface area contributed by atoms with Gasteiger partial charge in [-0.1, -0.05) is 17.3 Å². The van der Waals surface area contributed by atoms with Gasteiger partial charge >= 0.3 is 5.97 Å². The number of carboxylic acids is 1. The van der Waals surface area contributed by atoms with Crippen LogP contribution in [-0.4, -0.2) is 39.7 Å². The maximum atomic E-state index is 10.7. The molecule has 0 radical (unpaired) electrons. The van der Waals surface area contributed by atoms with Crippen LogP contribution >= 0.6 is 0 Å². The Labute approximate surface area is 111 Å². The Morgan fingerprint density at radius 1 is 1.47 bits per heavy atom. The third-order valence-electron chi connectivity index (χ3n) is 2.86. The molecule has 6 nitrogen and oxygen atoms in total. The second-order valence-electron chi connectivity index (χ2n) is 4.43. The van der Waals surface area contributed by atoms with Crippen molar-refractivity contribution in [2.24, 2.45) is 0 Å². The molecule has 0 spiro atoms. The topological polar surface area (TPSA) is 71.2 Å². The van der Waals surface area contributed by atoms with E-state index in [-0.39, 0.29) is 5.69 Å². The van der Waals surface area contributed by atoms with Crippen molar-refractivity contribution in [1.29, 1.82) is 0 Å². The summed E-state index contributed by atoms with van der Waals surface area (Å²) in [5.41, 5.74) is 2.30. The van der Waals surface area contributed by atoms with E-state index in [0.29, 0.717) is 6.54 Å².